The number of nitrogens with one attached hydrogen (secondary N) is 1. The zero-order chi connectivity index (χ0) is 17.6. The van der Waals surface area contributed by atoms with Crippen molar-refractivity contribution in [1.29, 1.82) is 5.26 Å². The molecule has 0 unspecified atom stereocenters. The molecule has 128 valence electrons. The van der Waals surface area contributed by atoms with E-state index in [-0.39, 0.29) is 17.5 Å². The average molecular weight is 398 g/mol. The maximum atomic E-state index is 12.4. The smallest absolute Gasteiger partial charge is 0.262 e. The van der Waals surface area contributed by atoms with Crippen molar-refractivity contribution in [1.82, 2.24) is 9.88 Å². The van der Waals surface area contributed by atoms with E-state index in [9.17, 15) is 10.1 Å². The van der Waals surface area contributed by atoms with Gasteiger partial charge in [0.15, 0.2) is 0 Å². The molecule has 1 aliphatic carbocycles. The van der Waals surface area contributed by atoms with Crippen LogP contribution in [-0.4, -0.2) is 16.5 Å². The summed E-state index contributed by atoms with van der Waals surface area (Å²) in [5.74, 6) is -0.280. The Balaban J connectivity index is 1.81. The fourth-order valence-electron chi connectivity index (χ4n) is 3.16. The van der Waals surface area contributed by atoms with E-state index in [1.54, 1.807) is 6.08 Å². The predicted molar refractivity (Wildman–Crippen MR) is 102 cm³/mol. The molecule has 4 nitrogen and oxygen atoms in total. The standard InChI is InChI=1S/C20H20BrN3O/c21-16-8-10-18(11-9-16)24-12-4-7-19(24)13-15(14-22)20(25)23-17-5-2-1-3-6-17/h4,7-13,17H,1-3,5-6H2,(H,23,25)/b15-13+. The van der Waals surface area contributed by atoms with E-state index < -0.39 is 0 Å². The molecule has 5 heteroatoms. The number of hydrogen-bond acceptors (Lipinski definition) is 2. The van der Waals surface area contributed by atoms with Crippen LogP contribution >= 0.6 is 15.9 Å². The molecule has 1 saturated carbocycles. The Morgan fingerprint density at radius 3 is 2.60 bits per heavy atom. The van der Waals surface area contributed by atoms with E-state index >= 15 is 0 Å². The number of nitriles is 1. The molecule has 0 atom stereocenters. The average Bonchev–Trinajstić information content (AvgIpc) is 3.09. The second-order valence-corrected chi connectivity index (χ2v) is 7.17. The number of nitrogens with zero attached hydrogens (tertiary/aromatic N) is 2. The van der Waals surface area contributed by atoms with E-state index in [0.29, 0.717) is 0 Å². The Morgan fingerprint density at radius 2 is 1.92 bits per heavy atom. The first-order chi connectivity index (χ1) is 12.2. The summed E-state index contributed by atoms with van der Waals surface area (Å²) in [6.07, 6.45) is 9.09. The molecular weight excluding hydrogens is 378 g/mol. The summed E-state index contributed by atoms with van der Waals surface area (Å²) in [5.41, 5.74) is 1.92. The molecule has 0 radical (unpaired) electrons. The van der Waals surface area contributed by atoms with Gasteiger partial charge in [0.25, 0.3) is 5.91 Å². The van der Waals surface area contributed by atoms with Gasteiger partial charge < -0.3 is 9.88 Å². The normalized spacial score (nSPS) is 15.6. The van der Waals surface area contributed by atoms with E-state index in [2.05, 4.69) is 21.2 Å². The van der Waals surface area contributed by atoms with Crippen molar-refractivity contribution in [2.75, 3.05) is 0 Å². The highest BCUT2D eigenvalue weighted by Gasteiger charge is 2.18. The summed E-state index contributed by atoms with van der Waals surface area (Å²) in [5, 5.41) is 12.4. The molecular formula is C20H20BrN3O. The number of carbonyl (C=O) groups excluding carboxylic acids is 1. The molecule has 0 saturated heterocycles. The lowest BCUT2D eigenvalue weighted by atomic mass is 9.95. The van der Waals surface area contributed by atoms with Crippen LogP contribution in [0.15, 0.2) is 52.6 Å². The number of hydrogen-bond donors (Lipinski definition) is 1. The van der Waals surface area contributed by atoms with Crippen molar-refractivity contribution >= 4 is 27.9 Å². The van der Waals surface area contributed by atoms with Crippen molar-refractivity contribution in [2.24, 2.45) is 0 Å². The Kier molecular flexibility index (Phi) is 5.72. The first-order valence-electron chi connectivity index (χ1n) is 8.53. The monoisotopic (exact) mass is 397 g/mol. The Hall–Kier alpha value is -2.32. The third kappa shape index (κ3) is 4.40. The van der Waals surface area contributed by atoms with Crippen LogP contribution in [0.5, 0.6) is 0 Å². The summed E-state index contributed by atoms with van der Waals surface area (Å²) >= 11 is 3.43. The van der Waals surface area contributed by atoms with Gasteiger partial charge >= 0.3 is 0 Å². The Labute approximate surface area is 156 Å². The summed E-state index contributed by atoms with van der Waals surface area (Å²) in [4.78, 5) is 12.4. The van der Waals surface area contributed by atoms with Crippen LogP contribution in [0.2, 0.25) is 0 Å². The lowest BCUT2D eigenvalue weighted by Crippen LogP contribution is -2.36. The summed E-state index contributed by atoms with van der Waals surface area (Å²) < 4.78 is 2.96. The van der Waals surface area contributed by atoms with Gasteiger partial charge in [-0.05, 0) is 55.3 Å². The first kappa shape index (κ1) is 17.5. The number of aromatic nitrogens is 1. The van der Waals surface area contributed by atoms with Crippen molar-refractivity contribution < 1.29 is 4.79 Å². The maximum absolute atomic E-state index is 12.4. The number of rotatable bonds is 4. The molecule has 1 aromatic carbocycles. The molecule has 1 N–H and O–H groups in total. The third-order valence-electron chi connectivity index (χ3n) is 4.48. The van der Waals surface area contributed by atoms with Crippen LogP contribution in [0.4, 0.5) is 0 Å². The van der Waals surface area contributed by atoms with Gasteiger partial charge in [-0.25, -0.2) is 0 Å². The van der Waals surface area contributed by atoms with Gasteiger partial charge in [-0.1, -0.05) is 35.2 Å². The number of halogens is 1. The van der Waals surface area contributed by atoms with Gasteiger partial charge in [-0.15, -0.1) is 0 Å². The maximum Gasteiger partial charge on any atom is 0.262 e. The molecule has 25 heavy (non-hydrogen) atoms. The highest BCUT2D eigenvalue weighted by Crippen LogP contribution is 2.20. The quantitative estimate of drug-likeness (QED) is 0.605. The van der Waals surface area contributed by atoms with Gasteiger partial charge in [0.2, 0.25) is 0 Å². The van der Waals surface area contributed by atoms with E-state index in [1.165, 1.54) is 6.42 Å². The van der Waals surface area contributed by atoms with Crippen molar-refractivity contribution in [3.8, 4) is 11.8 Å². The molecule has 2 aromatic rings. The second kappa shape index (κ2) is 8.17. The summed E-state index contributed by atoms with van der Waals surface area (Å²) in [6.45, 7) is 0. The summed E-state index contributed by atoms with van der Waals surface area (Å²) in [7, 11) is 0. The minimum Gasteiger partial charge on any atom is -0.349 e. The van der Waals surface area contributed by atoms with Crippen molar-refractivity contribution in [3.05, 3.63) is 58.3 Å². The summed E-state index contributed by atoms with van der Waals surface area (Å²) in [6, 6.07) is 13.9. The van der Waals surface area contributed by atoms with E-state index in [4.69, 9.17) is 0 Å². The Bertz CT molecular complexity index is 808. The largest absolute Gasteiger partial charge is 0.349 e. The van der Waals surface area contributed by atoms with Gasteiger partial charge in [0, 0.05) is 28.1 Å². The molecule has 1 aliphatic rings. The minimum atomic E-state index is -0.280. The molecule has 0 spiro atoms. The fourth-order valence-corrected chi connectivity index (χ4v) is 3.42. The van der Waals surface area contributed by atoms with E-state index in [0.717, 1.165) is 41.5 Å². The highest BCUT2D eigenvalue weighted by atomic mass is 79.9. The number of amides is 1. The molecule has 1 amide bonds. The zero-order valence-corrected chi connectivity index (χ0v) is 15.5. The molecule has 0 aliphatic heterocycles. The Morgan fingerprint density at radius 1 is 1.20 bits per heavy atom. The van der Waals surface area contributed by atoms with Gasteiger partial charge in [-0.3, -0.25) is 4.79 Å². The predicted octanol–water partition coefficient (Wildman–Crippen LogP) is 4.60. The van der Waals surface area contributed by atoms with Crippen LogP contribution in [0, 0.1) is 11.3 Å². The lowest BCUT2D eigenvalue weighted by Gasteiger charge is -2.22. The first-order valence-corrected chi connectivity index (χ1v) is 9.32. The molecule has 1 aromatic heterocycles. The topological polar surface area (TPSA) is 57.8 Å². The molecule has 0 bridgehead atoms. The molecule has 3 rings (SSSR count). The van der Waals surface area contributed by atoms with Crippen LogP contribution in [0.1, 0.15) is 37.8 Å². The van der Waals surface area contributed by atoms with Gasteiger partial charge in [-0.2, -0.15) is 5.26 Å². The number of carbonyl (C=O) groups is 1. The van der Waals surface area contributed by atoms with Crippen LogP contribution in [-0.2, 0) is 4.79 Å². The van der Waals surface area contributed by atoms with Crippen molar-refractivity contribution in [3.63, 3.8) is 0 Å². The van der Waals surface area contributed by atoms with Crippen LogP contribution < -0.4 is 5.32 Å². The second-order valence-electron chi connectivity index (χ2n) is 6.26. The SMILES string of the molecule is N#C/C(=C\c1cccn1-c1ccc(Br)cc1)C(=O)NC1CCCCC1. The van der Waals surface area contributed by atoms with Crippen molar-refractivity contribution in [2.45, 2.75) is 38.1 Å². The number of benzene rings is 1. The van der Waals surface area contributed by atoms with Crippen LogP contribution in [0.25, 0.3) is 11.8 Å². The van der Waals surface area contributed by atoms with Crippen LogP contribution in [0.3, 0.4) is 0 Å². The third-order valence-corrected chi connectivity index (χ3v) is 5.01. The fraction of sp³-hybridized carbons (Fsp3) is 0.300. The molecule has 1 fully saturated rings. The minimum absolute atomic E-state index is 0.141. The van der Waals surface area contributed by atoms with E-state index in [1.807, 2.05) is 53.2 Å². The lowest BCUT2D eigenvalue weighted by molar-refractivity contribution is -0.117. The van der Waals surface area contributed by atoms with Gasteiger partial charge in [0.1, 0.15) is 11.6 Å². The highest BCUT2D eigenvalue weighted by molar-refractivity contribution is 9.10. The van der Waals surface area contributed by atoms with Gasteiger partial charge in [0.05, 0.1) is 0 Å². The molecule has 1 heterocycles. The zero-order valence-electron chi connectivity index (χ0n) is 13.9.